The number of hydrogen-bond donors (Lipinski definition) is 2. The van der Waals surface area contributed by atoms with Gasteiger partial charge in [-0.2, -0.15) is 0 Å². The van der Waals surface area contributed by atoms with Gasteiger partial charge in [-0.15, -0.1) is 0 Å². The first-order chi connectivity index (χ1) is 9.62. The second-order valence-corrected chi connectivity index (χ2v) is 8.71. The first-order valence-electron chi connectivity index (χ1n) is 7.50. The van der Waals surface area contributed by atoms with E-state index in [-0.39, 0.29) is 5.75 Å². The van der Waals surface area contributed by atoms with Crippen molar-refractivity contribution in [3.05, 3.63) is 0 Å². The van der Waals surface area contributed by atoms with Gasteiger partial charge < -0.3 is 10.0 Å². The predicted molar refractivity (Wildman–Crippen MR) is 83.3 cm³/mol. The highest BCUT2D eigenvalue weighted by Gasteiger charge is 2.37. The summed E-state index contributed by atoms with van der Waals surface area (Å²) < 4.78 is 22.2. The Bertz CT molecular complexity index is 448. The van der Waals surface area contributed by atoms with Crippen LogP contribution in [0, 0.1) is 0 Å². The van der Waals surface area contributed by atoms with E-state index in [1.165, 1.54) is 6.26 Å². The summed E-state index contributed by atoms with van der Waals surface area (Å²) >= 11 is 0. The molecule has 0 aliphatic heterocycles. The van der Waals surface area contributed by atoms with Crippen molar-refractivity contribution in [2.75, 3.05) is 32.1 Å². The van der Waals surface area contributed by atoms with Crippen molar-refractivity contribution in [3.63, 3.8) is 0 Å². The predicted octanol–water partition coefficient (Wildman–Crippen LogP) is 0.728. The molecule has 1 aliphatic carbocycles. The van der Waals surface area contributed by atoms with Crippen LogP contribution in [0.5, 0.6) is 0 Å². The van der Waals surface area contributed by atoms with E-state index in [0.29, 0.717) is 19.0 Å². The Labute approximate surface area is 127 Å². The molecule has 0 heterocycles. The van der Waals surface area contributed by atoms with Gasteiger partial charge in [0, 0.05) is 18.8 Å². The maximum atomic E-state index is 11.4. The summed E-state index contributed by atoms with van der Waals surface area (Å²) in [4.78, 5) is 13.4. The van der Waals surface area contributed by atoms with E-state index in [1.807, 2.05) is 11.9 Å². The number of nitrogens with zero attached hydrogens (tertiary/aromatic N) is 1. The lowest BCUT2D eigenvalue weighted by molar-refractivity contribution is -0.144. The molecule has 0 amide bonds. The van der Waals surface area contributed by atoms with Crippen LogP contribution in [0.15, 0.2) is 0 Å². The van der Waals surface area contributed by atoms with Crippen molar-refractivity contribution in [2.24, 2.45) is 0 Å². The van der Waals surface area contributed by atoms with Crippen LogP contribution in [-0.4, -0.2) is 68.1 Å². The molecule has 0 aromatic carbocycles. The zero-order valence-electron chi connectivity index (χ0n) is 13.3. The Morgan fingerprint density at radius 2 is 1.95 bits per heavy atom. The second-order valence-electron chi connectivity index (χ2n) is 6.45. The molecule has 124 valence electrons. The van der Waals surface area contributed by atoms with Gasteiger partial charge >= 0.3 is 5.97 Å². The van der Waals surface area contributed by atoms with Crippen molar-refractivity contribution in [2.45, 2.75) is 50.6 Å². The first kappa shape index (κ1) is 18.4. The number of aliphatic carboxylic acids is 1. The van der Waals surface area contributed by atoms with Gasteiger partial charge in [-0.1, -0.05) is 0 Å². The minimum atomic E-state index is -2.92. The Balaban J connectivity index is 2.23. The summed E-state index contributed by atoms with van der Waals surface area (Å²) in [6, 6.07) is 0.364. The minimum absolute atomic E-state index is 0.166. The van der Waals surface area contributed by atoms with E-state index < -0.39 is 21.3 Å². The van der Waals surface area contributed by atoms with Crippen molar-refractivity contribution in [1.82, 2.24) is 10.2 Å². The van der Waals surface area contributed by atoms with Gasteiger partial charge in [0.25, 0.3) is 0 Å². The lowest BCUT2D eigenvalue weighted by atomic mass is 9.94. The van der Waals surface area contributed by atoms with Crippen molar-refractivity contribution in [3.8, 4) is 0 Å². The molecule has 1 saturated carbocycles. The lowest BCUT2D eigenvalue weighted by Gasteiger charge is -2.26. The summed E-state index contributed by atoms with van der Waals surface area (Å²) in [5.74, 6) is -0.626. The Morgan fingerprint density at radius 3 is 2.43 bits per heavy atom. The van der Waals surface area contributed by atoms with E-state index in [1.54, 1.807) is 6.92 Å². The molecule has 2 N–H and O–H groups in total. The number of carbonyl (C=O) groups is 1. The van der Waals surface area contributed by atoms with Gasteiger partial charge in [0.2, 0.25) is 0 Å². The van der Waals surface area contributed by atoms with Gasteiger partial charge in [-0.05, 0) is 52.6 Å². The second kappa shape index (κ2) is 7.56. The third-order valence-corrected chi connectivity index (χ3v) is 4.81. The molecule has 0 radical (unpaired) electrons. The van der Waals surface area contributed by atoms with Crippen LogP contribution in [0.2, 0.25) is 0 Å². The van der Waals surface area contributed by atoms with Gasteiger partial charge in [0.1, 0.15) is 15.4 Å². The molecule has 1 atom stereocenters. The number of sulfone groups is 1. The maximum absolute atomic E-state index is 11.4. The summed E-state index contributed by atoms with van der Waals surface area (Å²) in [5.41, 5.74) is -0.841. The monoisotopic (exact) mass is 320 g/mol. The van der Waals surface area contributed by atoms with E-state index >= 15 is 0 Å². The largest absolute Gasteiger partial charge is 0.480 e. The van der Waals surface area contributed by atoms with Crippen LogP contribution in [0.1, 0.15) is 39.0 Å². The van der Waals surface area contributed by atoms with Gasteiger partial charge in [0.05, 0.1) is 5.75 Å². The lowest BCUT2D eigenvalue weighted by Crippen LogP contribution is -2.50. The highest BCUT2D eigenvalue weighted by Crippen LogP contribution is 2.25. The normalized spacial score (nSPS) is 18.7. The van der Waals surface area contributed by atoms with Crippen molar-refractivity contribution >= 4 is 15.8 Å². The van der Waals surface area contributed by atoms with Crippen LogP contribution in [-0.2, 0) is 14.6 Å². The Hall–Kier alpha value is -0.660. The van der Waals surface area contributed by atoms with Crippen LogP contribution in [0.4, 0.5) is 0 Å². The summed E-state index contributed by atoms with van der Waals surface area (Å²) in [7, 11) is -1.03. The number of nitrogens with one attached hydrogen (secondary N) is 1. The average Bonchev–Trinajstić information content (AvgIpc) is 3.15. The molecule has 0 spiro atoms. The molecule has 0 aromatic rings. The Morgan fingerprint density at radius 1 is 1.33 bits per heavy atom. The highest BCUT2D eigenvalue weighted by atomic mass is 32.2. The standard InChI is InChI=1S/C14H28N2O4S/c1-14(13(17)18,15-12-6-7-12)8-4-5-9-16(2)10-11-21(3,19)20/h12,15H,4-11H2,1-3H3,(H,17,18). The van der Waals surface area contributed by atoms with Crippen LogP contribution < -0.4 is 5.32 Å². The molecule has 0 saturated heterocycles. The third-order valence-electron chi connectivity index (χ3n) is 3.88. The fourth-order valence-electron chi connectivity index (χ4n) is 2.21. The summed E-state index contributed by atoms with van der Waals surface area (Å²) in [5, 5.41) is 12.6. The van der Waals surface area contributed by atoms with E-state index in [0.717, 1.165) is 32.2 Å². The van der Waals surface area contributed by atoms with Crippen LogP contribution >= 0.6 is 0 Å². The van der Waals surface area contributed by atoms with Crippen molar-refractivity contribution < 1.29 is 18.3 Å². The van der Waals surface area contributed by atoms with Crippen molar-refractivity contribution in [1.29, 1.82) is 0 Å². The fourth-order valence-corrected chi connectivity index (χ4v) is 2.86. The third kappa shape index (κ3) is 7.78. The first-order valence-corrected chi connectivity index (χ1v) is 9.56. The molecular weight excluding hydrogens is 292 g/mol. The molecule has 1 fully saturated rings. The van der Waals surface area contributed by atoms with E-state index in [9.17, 15) is 18.3 Å². The minimum Gasteiger partial charge on any atom is -0.480 e. The van der Waals surface area contributed by atoms with E-state index in [4.69, 9.17) is 0 Å². The van der Waals surface area contributed by atoms with Gasteiger partial charge in [-0.3, -0.25) is 10.1 Å². The van der Waals surface area contributed by atoms with E-state index in [2.05, 4.69) is 5.32 Å². The van der Waals surface area contributed by atoms with Crippen LogP contribution in [0.3, 0.4) is 0 Å². The molecule has 21 heavy (non-hydrogen) atoms. The number of rotatable bonds is 11. The fraction of sp³-hybridized carbons (Fsp3) is 0.929. The average molecular weight is 320 g/mol. The Kier molecular flexibility index (Phi) is 6.62. The summed E-state index contributed by atoms with van der Waals surface area (Å²) in [6.07, 6.45) is 5.65. The molecule has 7 heteroatoms. The number of hydrogen-bond acceptors (Lipinski definition) is 5. The highest BCUT2D eigenvalue weighted by molar-refractivity contribution is 7.90. The number of unbranched alkanes of at least 4 members (excludes halogenated alkanes) is 1. The molecule has 1 unspecified atom stereocenters. The molecular formula is C14H28N2O4S. The summed E-state index contributed by atoms with van der Waals surface area (Å²) in [6.45, 7) is 3.06. The quantitative estimate of drug-likeness (QED) is 0.546. The topological polar surface area (TPSA) is 86.7 Å². The molecule has 0 bridgehead atoms. The zero-order chi connectivity index (χ0) is 16.1. The smallest absolute Gasteiger partial charge is 0.323 e. The molecule has 1 rings (SSSR count). The molecule has 0 aromatic heterocycles. The van der Waals surface area contributed by atoms with Crippen LogP contribution in [0.25, 0.3) is 0 Å². The SMILES string of the molecule is CN(CCCCC(C)(NC1CC1)C(=O)O)CCS(C)(=O)=O. The zero-order valence-corrected chi connectivity index (χ0v) is 14.1. The van der Waals surface area contributed by atoms with Gasteiger partial charge in [-0.25, -0.2) is 8.42 Å². The number of carboxylic acid groups (broad SMARTS) is 1. The maximum Gasteiger partial charge on any atom is 0.323 e. The number of carboxylic acids is 1. The van der Waals surface area contributed by atoms with Gasteiger partial charge in [0.15, 0.2) is 0 Å². The molecule has 6 nitrogen and oxygen atoms in total. The molecule has 1 aliphatic rings.